The largest absolute Gasteiger partial charge is 0.481 e. The lowest BCUT2D eigenvalue weighted by atomic mass is 10.1. The molecule has 1 aromatic heterocycles. The molecule has 1 aromatic rings. The fourth-order valence-electron chi connectivity index (χ4n) is 1.15. The van der Waals surface area contributed by atoms with Gasteiger partial charge in [-0.25, -0.2) is 18.2 Å². The van der Waals surface area contributed by atoms with Crippen LogP contribution in [0.1, 0.15) is 23.4 Å². The second-order valence-electron chi connectivity index (χ2n) is 2.97. The van der Waals surface area contributed by atoms with E-state index in [-0.39, 0.29) is 16.6 Å². The van der Waals surface area contributed by atoms with Gasteiger partial charge in [-0.2, -0.15) is 0 Å². The lowest BCUT2D eigenvalue weighted by Gasteiger charge is -2.08. The number of hydrogen-bond donors (Lipinski definition) is 1. The number of aliphatic carboxylic acids is 1. The SMILES string of the molecule is O=C(O)Cc1nc(C(F)F)c(F)cc1CBr. The molecule has 88 valence electrons. The first-order valence-electron chi connectivity index (χ1n) is 4.19. The molecule has 3 nitrogen and oxygen atoms in total. The number of carboxylic acids is 1. The molecule has 7 heteroatoms. The van der Waals surface area contributed by atoms with Gasteiger partial charge in [-0.1, -0.05) is 15.9 Å². The standard InChI is InChI=1S/C9H7BrF3NO2/c10-3-4-1-5(11)8(9(12)13)14-6(4)2-7(15)16/h1,9H,2-3H2,(H,15,16). The molecule has 0 fully saturated rings. The predicted molar refractivity (Wildman–Crippen MR) is 53.1 cm³/mol. The summed E-state index contributed by atoms with van der Waals surface area (Å²) in [5.74, 6) is -2.33. The Kier molecular flexibility index (Phi) is 4.28. The third kappa shape index (κ3) is 2.94. The van der Waals surface area contributed by atoms with E-state index in [0.717, 1.165) is 6.07 Å². The van der Waals surface area contributed by atoms with Crippen LogP contribution in [0.4, 0.5) is 13.2 Å². The second kappa shape index (κ2) is 5.29. The highest BCUT2D eigenvalue weighted by Gasteiger charge is 2.19. The van der Waals surface area contributed by atoms with Crippen LogP contribution < -0.4 is 0 Å². The van der Waals surface area contributed by atoms with Crippen molar-refractivity contribution in [1.82, 2.24) is 4.98 Å². The Balaban J connectivity index is 3.22. The lowest BCUT2D eigenvalue weighted by molar-refractivity contribution is -0.136. The zero-order chi connectivity index (χ0) is 12.3. The van der Waals surface area contributed by atoms with Crippen molar-refractivity contribution in [1.29, 1.82) is 0 Å². The summed E-state index contributed by atoms with van der Waals surface area (Å²) in [7, 11) is 0. The summed E-state index contributed by atoms with van der Waals surface area (Å²) in [5.41, 5.74) is -0.814. The Hall–Kier alpha value is -1.11. The molecule has 0 atom stereocenters. The molecule has 0 saturated heterocycles. The first-order valence-corrected chi connectivity index (χ1v) is 5.32. The summed E-state index contributed by atoms with van der Waals surface area (Å²) in [5, 5.41) is 8.70. The average Bonchev–Trinajstić information content (AvgIpc) is 2.18. The Labute approximate surface area is 97.4 Å². The van der Waals surface area contributed by atoms with E-state index in [4.69, 9.17) is 5.11 Å². The van der Waals surface area contributed by atoms with Gasteiger partial charge in [-0.05, 0) is 11.6 Å². The van der Waals surface area contributed by atoms with Crippen LogP contribution in [0.3, 0.4) is 0 Å². The van der Waals surface area contributed by atoms with Crippen molar-refractivity contribution in [3.8, 4) is 0 Å². The van der Waals surface area contributed by atoms with E-state index in [0.29, 0.717) is 0 Å². The maximum absolute atomic E-state index is 13.1. The van der Waals surface area contributed by atoms with Crippen molar-refractivity contribution in [2.75, 3.05) is 0 Å². The summed E-state index contributed by atoms with van der Waals surface area (Å²) in [6.07, 6.45) is -3.57. The van der Waals surface area contributed by atoms with Crippen LogP contribution in [0.5, 0.6) is 0 Å². The van der Waals surface area contributed by atoms with Crippen molar-refractivity contribution in [3.63, 3.8) is 0 Å². The molecule has 0 aliphatic heterocycles. The van der Waals surface area contributed by atoms with E-state index in [1.807, 2.05) is 0 Å². The van der Waals surface area contributed by atoms with Crippen LogP contribution >= 0.6 is 15.9 Å². The number of carboxylic acid groups (broad SMARTS) is 1. The molecule has 0 aliphatic rings. The number of alkyl halides is 3. The van der Waals surface area contributed by atoms with Gasteiger partial charge in [0.2, 0.25) is 0 Å². The minimum absolute atomic E-state index is 0.0546. The molecule has 0 saturated carbocycles. The van der Waals surface area contributed by atoms with Gasteiger partial charge >= 0.3 is 5.97 Å². The van der Waals surface area contributed by atoms with Gasteiger partial charge in [0, 0.05) is 5.33 Å². The molecule has 0 radical (unpaired) electrons. The van der Waals surface area contributed by atoms with Crippen molar-refractivity contribution < 1.29 is 23.1 Å². The van der Waals surface area contributed by atoms with Crippen molar-refractivity contribution in [2.24, 2.45) is 0 Å². The molecule has 0 spiro atoms. The fourth-order valence-corrected chi connectivity index (χ4v) is 1.63. The first kappa shape index (κ1) is 13.0. The van der Waals surface area contributed by atoms with Gasteiger partial charge in [-0.15, -0.1) is 0 Å². The molecule has 0 amide bonds. The van der Waals surface area contributed by atoms with Gasteiger partial charge in [0.25, 0.3) is 6.43 Å². The smallest absolute Gasteiger partial charge is 0.309 e. The molecule has 1 N–H and O–H groups in total. The molecule has 0 aromatic carbocycles. The van der Waals surface area contributed by atoms with Gasteiger partial charge in [0.15, 0.2) is 5.82 Å². The number of rotatable bonds is 4. The maximum Gasteiger partial charge on any atom is 0.309 e. The van der Waals surface area contributed by atoms with Gasteiger partial charge in [0.05, 0.1) is 12.1 Å². The third-order valence-corrected chi connectivity index (χ3v) is 2.45. The van der Waals surface area contributed by atoms with E-state index in [1.54, 1.807) is 0 Å². The van der Waals surface area contributed by atoms with Crippen LogP contribution in [0.15, 0.2) is 6.07 Å². The van der Waals surface area contributed by atoms with Crippen molar-refractivity contribution in [3.05, 3.63) is 28.8 Å². The number of aromatic nitrogens is 1. The number of hydrogen-bond acceptors (Lipinski definition) is 2. The number of carbonyl (C=O) groups is 1. The van der Waals surface area contributed by atoms with E-state index >= 15 is 0 Å². The second-order valence-corrected chi connectivity index (χ2v) is 3.53. The highest BCUT2D eigenvalue weighted by atomic mass is 79.9. The third-order valence-electron chi connectivity index (χ3n) is 1.84. The average molecular weight is 298 g/mol. The topological polar surface area (TPSA) is 50.2 Å². The maximum atomic E-state index is 13.1. The Morgan fingerprint density at radius 2 is 2.19 bits per heavy atom. The summed E-state index contributed by atoms with van der Waals surface area (Å²) in [6, 6.07) is 0.877. The molecule has 16 heavy (non-hydrogen) atoms. The quantitative estimate of drug-likeness (QED) is 0.869. The van der Waals surface area contributed by atoms with E-state index < -0.39 is 30.3 Å². The van der Waals surface area contributed by atoms with Crippen LogP contribution in [-0.2, 0) is 16.5 Å². The van der Waals surface area contributed by atoms with E-state index in [1.165, 1.54) is 0 Å². The van der Waals surface area contributed by atoms with Crippen molar-refractivity contribution >= 4 is 21.9 Å². The molecule has 1 heterocycles. The normalized spacial score (nSPS) is 10.8. The predicted octanol–water partition coefficient (Wildman–Crippen LogP) is 2.68. The molecule has 0 aliphatic carbocycles. The molecule has 1 rings (SSSR count). The molecule has 0 bridgehead atoms. The van der Waals surface area contributed by atoms with Gasteiger partial charge < -0.3 is 5.11 Å². The summed E-state index contributed by atoms with van der Waals surface area (Å²) < 4.78 is 37.7. The summed E-state index contributed by atoms with van der Waals surface area (Å²) >= 11 is 3.01. The highest BCUT2D eigenvalue weighted by molar-refractivity contribution is 9.08. The van der Waals surface area contributed by atoms with Gasteiger partial charge in [0.1, 0.15) is 5.69 Å². The van der Waals surface area contributed by atoms with E-state index in [9.17, 15) is 18.0 Å². The molecule has 0 unspecified atom stereocenters. The number of halogens is 4. The van der Waals surface area contributed by atoms with Crippen LogP contribution in [-0.4, -0.2) is 16.1 Å². The number of pyridine rings is 1. The van der Waals surface area contributed by atoms with Crippen molar-refractivity contribution in [2.45, 2.75) is 18.2 Å². The first-order chi connectivity index (χ1) is 7.45. The lowest BCUT2D eigenvalue weighted by Crippen LogP contribution is -2.09. The van der Waals surface area contributed by atoms with Crippen LogP contribution in [0.25, 0.3) is 0 Å². The number of nitrogens with zero attached hydrogens (tertiary/aromatic N) is 1. The summed E-state index contributed by atoms with van der Waals surface area (Å²) in [6.45, 7) is 0. The zero-order valence-electron chi connectivity index (χ0n) is 7.88. The fraction of sp³-hybridized carbons (Fsp3) is 0.333. The Morgan fingerprint density at radius 1 is 1.56 bits per heavy atom. The van der Waals surface area contributed by atoms with E-state index in [2.05, 4.69) is 20.9 Å². The monoisotopic (exact) mass is 297 g/mol. The Morgan fingerprint density at radius 3 is 2.62 bits per heavy atom. The van der Waals surface area contributed by atoms with Crippen LogP contribution in [0.2, 0.25) is 0 Å². The molecular weight excluding hydrogens is 291 g/mol. The zero-order valence-corrected chi connectivity index (χ0v) is 9.47. The Bertz CT molecular complexity index is 412. The highest BCUT2D eigenvalue weighted by Crippen LogP contribution is 2.23. The summed E-state index contributed by atoms with van der Waals surface area (Å²) in [4.78, 5) is 13.8. The minimum atomic E-state index is -3.06. The van der Waals surface area contributed by atoms with Gasteiger partial charge in [-0.3, -0.25) is 4.79 Å². The minimum Gasteiger partial charge on any atom is -0.481 e. The molecular formula is C9H7BrF3NO2. The van der Waals surface area contributed by atoms with Crippen LogP contribution in [0, 0.1) is 5.82 Å².